The van der Waals surface area contributed by atoms with Gasteiger partial charge in [-0.3, -0.25) is 4.90 Å². The molecule has 0 amide bonds. The molecular formula is C14H28N2O2S. The summed E-state index contributed by atoms with van der Waals surface area (Å²) in [6.07, 6.45) is 9.90. The molecule has 2 rings (SSSR count). The number of likely N-dealkylation sites (tertiary alicyclic amines) is 1. The summed E-state index contributed by atoms with van der Waals surface area (Å²) < 4.78 is 24.7. The lowest BCUT2D eigenvalue weighted by atomic mass is 9.93. The van der Waals surface area contributed by atoms with Crippen molar-refractivity contribution in [1.82, 2.24) is 9.21 Å². The topological polar surface area (TPSA) is 40.6 Å². The first-order chi connectivity index (χ1) is 9.02. The molecule has 4 nitrogen and oxygen atoms in total. The fraction of sp³-hybridized carbons (Fsp3) is 1.00. The van der Waals surface area contributed by atoms with E-state index in [9.17, 15) is 8.42 Å². The number of nitrogens with zero attached hydrogens (tertiary/aromatic N) is 2. The Morgan fingerprint density at radius 2 is 1.74 bits per heavy atom. The van der Waals surface area contributed by atoms with Crippen molar-refractivity contribution in [2.24, 2.45) is 0 Å². The third-order valence-electron chi connectivity index (χ3n) is 4.66. The normalized spacial score (nSPS) is 28.6. The van der Waals surface area contributed by atoms with E-state index in [1.165, 1.54) is 44.9 Å². The highest BCUT2D eigenvalue weighted by Crippen LogP contribution is 2.28. The first-order valence-electron chi connectivity index (χ1n) is 7.73. The molecule has 1 atom stereocenters. The van der Waals surface area contributed by atoms with Gasteiger partial charge in [-0.2, -0.15) is 0 Å². The summed E-state index contributed by atoms with van der Waals surface area (Å²) in [5.41, 5.74) is 0. The number of piperidine rings is 2. The van der Waals surface area contributed by atoms with Crippen molar-refractivity contribution >= 4 is 10.0 Å². The maximum Gasteiger partial charge on any atom is 0.211 e. The first-order valence-corrected chi connectivity index (χ1v) is 9.58. The van der Waals surface area contributed by atoms with E-state index in [0.29, 0.717) is 19.1 Å². The largest absolute Gasteiger partial charge is 0.297 e. The van der Waals surface area contributed by atoms with E-state index in [-0.39, 0.29) is 0 Å². The smallest absolute Gasteiger partial charge is 0.211 e. The van der Waals surface area contributed by atoms with Crippen LogP contribution in [0.3, 0.4) is 0 Å². The standard InChI is InChI=1S/C14H28N2O2S/c1-3-6-13-7-4-5-10-16(13)14-8-11-15(12-9-14)19(2,17)18/h13-14H,3-12H2,1-2H3. The number of hydrogen-bond acceptors (Lipinski definition) is 3. The maximum absolute atomic E-state index is 11.5. The quantitative estimate of drug-likeness (QED) is 0.795. The zero-order valence-electron chi connectivity index (χ0n) is 12.3. The number of sulfonamides is 1. The van der Waals surface area contributed by atoms with Crippen LogP contribution in [0.4, 0.5) is 0 Å². The molecule has 0 aromatic heterocycles. The zero-order valence-corrected chi connectivity index (χ0v) is 13.2. The fourth-order valence-corrected chi connectivity index (χ4v) is 4.53. The Labute approximate surface area is 118 Å². The van der Waals surface area contributed by atoms with Gasteiger partial charge < -0.3 is 0 Å². The van der Waals surface area contributed by atoms with Crippen molar-refractivity contribution in [2.75, 3.05) is 25.9 Å². The van der Waals surface area contributed by atoms with Gasteiger partial charge in [-0.05, 0) is 38.6 Å². The number of rotatable bonds is 4. The highest BCUT2D eigenvalue weighted by molar-refractivity contribution is 7.88. The fourth-order valence-electron chi connectivity index (χ4n) is 3.65. The van der Waals surface area contributed by atoms with Gasteiger partial charge in [0.2, 0.25) is 10.0 Å². The van der Waals surface area contributed by atoms with Crippen molar-refractivity contribution < 1.29 is 8.42 Å². The van der Waals surface area contributed by atoms with Crippen LogP contribution in [0, 0.1) is 0 Å². The van der Waals surface area contributed by atoms with Gasteiger partial charge in [0.1, 0.15) is 0 Å². The maximum atomic E-state index is 11.5. The van der Waals surface area contributed by atoms with Crippen molar-refractivity contribution in [2.45, 2.75) is 64.0 Å². The highest BCUT2D eigenvalue weighted by atomic mass is 32.2. The first kappa shape index (κ1) is 15.3. The molecule has 19 heavy (non-hydrogen) atoms. The van der Waals surface area contributed by atoms with Crippen LogP contribution in [0.25, 0.3) is 0 Å². The van der Waals surface area contributed by atoms with Crippen molar-refractivity contribution in [3.05, 3.63) is 0 Å². The lowest BCUT2D eigenvalue weighted by molar-refractivity contribution is 0.0606. The van der Waals surface area contributed by atoms with E-state index in [1.807, 2.05) is 0 Å². The Kier molecular flexibility index (Phi) is 5.26. The molecule has 1 unspecified atom stereocenters. The van der Waals surface area contributed by atoms with Gasteiger partial charge in [0, 0.05) is 25.2 Å². The lowest BCUT2D eigenvalue weighted by Crippen LogP contribution is -2.51. The minimum Gasteiger partial charge on any atom is -0.297 e. The van der Waals surface area contributed by atoms with Gasteiger partial charge in [-0.1, -0.05) is 19.8 Å². The van der Waals surface area contributed by atoms with Crippen LogP contribution in [-0.4, -0.2) is 55.6 Å². The Morgan fingerprint density at radius 3 is 2.32 bits per heavy atom. The minimum absolute atomic E-state index is 0.606. The highest BCUT2D eigenvalue weighted by Gasteiger charge is 2.32. The molecule has 2 aliphatic heterocycles. The Hall–Kier alpha value is -0.130. The SMILES string of the molecule is CCCC1CCCCN1C1CCN(S(C)(=O)=O)CC1. The molecule has 0 N–H and O–H groups in total. The molecule has 0 aliphatic carbocycles. The second-order valence-electron chi connectivity index (χ2n) is 6.07. The van der Waals surface area contributed by atoms with E-state index in [1.54, 1.807) is 4.31 Å². The van der Waals surface area contributed by atoms with Crippen LogP contribution in [0.2, 0.25) is 0 Å². The zero-order chi connectivity index (χ0) is 13.9. The van der Waals surface area contributed by atoms with Crippen LogP contribution >= 0.6 is 0 Å². The molecule has 2 fully saturated rings. The van der Waals surface area contributed by atoms with Crippen LogP contribution < -0.4 is 0 Å². The average molecular weight is 288 g/mol. The van der Waals surface area contributed by atoms with Crippen LogP contribution in [0.1, 0.15) is 51.9 Å². The monoisotopic (exact) mass is 288 g/mol. The van der Waals surface area contributed by atoms with Crippen LogP contribution in [0.5, 0.6) is 0 Å². The molecule has 112 valence electrons. The van der Waals surface area contributed by atoms with Gasteiger partial charge in [-0.25, -0.2) is 12.7 Å². The molecule has 0 spiro atoms. The molecule has 2 aliphatic rings. The summed E-state index contributed by atoms with van der Waals surface area (Å²) in [5.74, 6) is 0. The molecule has 5 heteroatoms. The van der Waals surface area contributed by atoms with Crippen LogP contribution in [0.15, 0.2) is 0 Å². The molecule has 0 radical (unpaired) electrons. The van der Waals surface area contributed by atoms with E-state index in [0.717, 1.165) is 18.9 Å². The second kappa shape index (κ2) is 6.55. The predicted octanol–water partition coefficient (Wildman–Crippen LogP) is 2.06. The average Bonchev–Trinajstić information content (AvgIpc) is 2.39. The molecule has 2 saturated heterocycles. The van der Waals surface area contributed by atoms with E-state index >= 15 is 0 Å². The summed E-state index contributed by atoms with van der Waals surface area (Å²) >= 11 is 0. The third-order valence-corrected chi connectivity index (χ3v) is 5.96. The minimum atomic E-state index is -2.99. The van der Waals surface area contributed by atoms with Crippen molar-refractivity contribution in [3.63, 3.8) is 0 Å². The summed E-state index contributed by atoms with van der Waals surface area (Å²) in [6.45, 7) is 4.89. The predicted molar refractivity (Wildman–Crippen MR) is 78.7 cm³/mol. The van der Waals surface area contributed by atoms with Gasteiger partial charge in [-0.15, -0.1) is 0 Å². The summed E-state index contributed by atoms with van der Waals surface area (Å²) in [6, 6.07) is 1.35. The Morgan fingerprint density at radius 1 is 1.05 bits per heavy atom. The molecule has 0 aromatic carbocycles. The Bertz CT molecular complexity index is 373. The summed E-state index contributed by atoms with van der Waals surface area (Å²) in [4.78, 5) is 2.69. The lowest BCUT2D eigenvalue weighted by Gasteiger charge is -2.44. The van der Waals surface area contributed by atoms with Crippen molar-refractivity contribution in [3.8, 4) is 0 Å². The molecule has 0 aromatic rings. The van der Waals surface area contributed by atoms with E-state index in [4.69, 9.17) is 0 Å². The van der Waals surface area contributed by atoms with Gasteiger partial charge in [0.25, 0.3) is 0 Å². The molecule has 0 saturated carbocycles. The molecular weight excluding hydrogens is 260 g/mol. The number of hydrogen-bond donors (Lipinski definition) is 0. The molecule has 2 heterocycles. The van der Waals surface area contributed by atoms with Gasteiger partial charge in [0.05, 0.1) is 6.26 Å². The van der Waals surface area contributed by atoms with Crippen LogP contribution in [-0.2, 0) is 10.0 Å². The van der Waals surface area contributed by atoms with E-state index < -0.39 is 10.0 Å². The van der Waals surface area contributed by atoms with Crippen molar-refractivity contribution in [1.29, 1.82) is 0 Å². The molecule has 0 bridgehead atoms. The van der Waals surface area contributed by atoms with E-state index in [2.05, 4.69) is 11.8 Å². The van der Waals surface area contributed by atoms with Gasteiger partial charge >= 0.3 is 0 Å². The second-order valence-corrected chi connectivity index (χ2v) is 8.05. The third kappa shape index (κ3) is 3.92. The van der Waals surface area contributed by atoms with Gasteiger partial charge in [0.15, 0.2) is 0 Å². The summed E-state index contributed by atoms with van der Waals surface area (Å²) in [5, 5.41) is 0. The Balaban J connectivity index is 1.92. The summed E-state index contributed by atoms with van der Waals surface area (Å²) in [7, 11) is -2.99.